The first-order valence-electron chi connectivity index (χ1n) is 13.0. The molecule has 0 aliphatic carbocycles. The molecule has 4 aromatic carbocycles. The summed E-state index contributed by atoms with van der Waals surface area (Å²) < 4.78 is 22.6. The summed E-state index contributed by atoms with van der Waals surface area (Å²) in [4.78, 5) is 25.2. The van der Waals surface area contributed by atoms with Gasteiger partial charge in [0.1, 0.15) is 18.1 Å². The molecule has 2 N–H and O–H groups in total. The summed E-state index contributed by atoms with van der Waals surface area (Å²) in [6.45, 7) is 2.42. The Hall–Kier alpha value is -5.31. The predicted molar refractivity (Wildman–Crippen MR) is 157 cm³/mol. The van der Waals surface area contributed by atoms with Gasteiger partial charge in [-0.1, -0.05) is 54.6 Å². The molecule has 4 rings (SSSR count). The van der Waals surface area contributed by atoms with Crippen LogP contribution in [-0.2, 0) is 11.4 Å². The zero-order valence-corrected chi connectivity index (χ0v) is 22.8. The van der Waals surface area contributed by atoms with Crippen molar-refractivity contribution in [2.75, 3.05) is 25.6 Å². The summed E-state index contributed by atoms with van der Waals surface area (Å²) in [5.74, 6) is 1.20. The van der Waals surface area contributed by atoms with Gasteiger partial charge in [-0.3, -0.25) is 9.59 Å². The molecule has 9 heteroatoms. The van der Waals surface area contributed by atoms with Crippen molar-refractivity contribution in [1.82, 2.24) is 5.43 Å². The molecule has 9 nitrogen and oxygen atoms in total. The molecule has 41 heavy (non-hydrogen) atoms. The van der Waals surface area contributed by atoms with E-state index in [9.17, 15) is 9.59 Å². The van der Waals surface area contributed by atoms with E-state index in [2.05, 4.69) is 15.8 Å². The lowest BCUT2D eigenvalue weighted by molar-refractivity contribution is -0.118. The third-order valence-electron chi connectivity index (χ3n) is 5.77. The van der Waals surface area contributed by atoms with Crippen molar-refractivity contribution < 1.29 is 28.5 Å². The first kappa shape index (κ1) is 28.7. The highest BCUT2D eigenvalue weighted by Crippen LogP contribution is 2.29. The molecule has 0 aliphatic rings. The van der Waals surface area contributed by atoms with E-state index in [0.29, 0.717) is 53.0 Å². The van der Waals surface area contributed by atoms with Crippen LogP contribution in [0.15, 0.2) is 102 Å². The minimum Gasteiger partial charge on any atom is -0.495 e. The van der Waals surface area contributed by atoms with Crippen LogP contribution >= 0.6 is 0 Å². The summed E-state index contributed by atoms with van der Waals surface area (Å²) in [7, 11) is 1.53. The minimum absolute atomic E-state index is 0.228. The number of anilines is 1. The van der Waals surface area contributed by atoms with Gasteiger partial charge in [0.25, 0.3) is 11.8 Å². The fraction of sp³-hybridized carbons (Fsp3) is 0.156. The normalized spacial score (nSPS) is 10.6. The van der Waals surface area contributed by atoms with Crippen molar-refractivity contribution in [3.05, 3.63) is 114 Å². The second-order valence-corrected chi connectivity index (χ2v) is 8.64. The molecule has 0 bridgehead atoms. The number of methoxy groups -OCH3 is 1. The highest BCUT2D eigenvalue weighted by atomic mass is 16.5. The number of rotatable bonds is 13. The lowest BCUT2D eigenvalue weighted by atomic mass is 10.2. The van der Waals surface area contributed by atoms with E-state index in [1.807, 2.05) is 43.3 Å². The average molecular weight is 554 g/mol. The van der Waals surface area contributed by atoms with Gasteiger partial charge in [0.15, 0.2) is 18.1 Å². The second kappa shape index (κ2) is 14.7. The van der Waals surface area contributed by atoms with Gasteiger partial charge in [0.2, 0.25) is 0 Å². The molecule has 0 saturated carbocycles. The Morgan fingerprint density at radius 2 is 1.51 bits per heavy atom. The summed E-state index contributed by atoms with van der Waals surface area (Å²) in [6.07, 6.45) is 1.45. The summed E-state index contributed by atoms with van der Waals surface area (Å²) in [5.41, 5.74) is 5.02. The van der Waals surface area contributed by atoms with Gasteiger partial charge in [0, 0.05) is 11.1 Å². The second-order valence-electron chi connectivity index (χ2n) is 8.64. The van der Waals surface area contributed by atoms with Crippen LogP contribution in [0.4, 0.5) is 5.69 Å². The third kappa shape index (κ3) is 8.34. The van der Waals surface area contributed by atoms with Crippen LogP contribution in [0.3, 0.4) is 0 Å². The number of nitrogens with zero attached hydrogens (tertiary/aromatic N) is 1. The number of carbonyl (C=O) groups excluding carboxylic acids is 2. The van der Waals surface area contributed by atoms with E-state index in [1.54, 1.807) is 60.7 Å². The molecule has 0 radical (unpaired) electrons. The number of hydrogen-bond acceptors (Lipinski definition) is 7. The number of ether oxygens (including phenoxy) is 4. The largest absolute Gasteiger partial charge is 0.495 e. The number of hydrogen-bond donors (Lipinski definition) is 2. The Labute approximate surface area is 238 Å². The number of amides is 2. The number of carbonyl (C=O) groups is 2. The van der Waals surface area contributed by atoms with Crippen molar-refractivity contribution in [2.24, 2.45) is 5.10 Å². The molecule has 0 saturated heterocycles. The maximum absolute atomic E-state index is 12.8. The van der Waals surface area contributed by atoms with Gasteiger partial charge in [-0.15, -0.1) is 0 Å². The van der Waals surface area contributed by atoms with Gasteiger partial charge in [0.05, 0.1) is 25.6 Å². The summed E-state index contributed by atoms with van der Waals surface area (Å²) in [5, 5.41) is 6.84. The van der Waals surface area contributed by atoms with Crippen LogP contribution in [-0.4, -0.2) is 38.4 Å². The predicted octanol–water partition coefficient (Wildman–Crippen LogP) is 5.45. The molecule has 0 spiro atoms. The molecule has 0 fully saturated rings. The maximum atomic E-state index is 12.8. The SMILES string of the molecule is CCOc1cc(C(=O)N/N=C/c2ccccc2OCC(=O)Nc2ccccc2OC)ccc1OCc1ccccc1. The van der Waals surface area contributed by atoms with Crippen molar-refractivity contribution in [3.63, 3.8) is 0 Å². The molecule has 4 aromatic rings. The lowest BCUT2D eigenvalue weighted by Crippen LogP contribution is -2.21. The molecule has 210 valence electrons. The Morgan fingerprint density at radius 1 is 0.780 bits per heavy atom. The monoisotopic (exact) mass is 553 g/mol. The van der Waals surface area contributed by atoms with Crippen LogP contribution in [0.1, 0.15) is 28.4 Å². The Balaban J connectivity index is 1.35. The first-order chi connectivity index (χ1) is 20.1. The fourth-order valence-corrected chi connectivity index (χ4v) is 3.79. The van der Waals surface area contributed by atoms with Crippen LogP contribution in [0.5, 0.6) is 23.0 Å². The summed E-state index contributed by atoms with van der Waals surface area (Å²) >= 11 is 0. The fourth-order valence-electron chi connectivity index (χ4n) is 3.79. The number of nitrogens with one attached hydrogen (secondary N) is 2. The number of benzene rings is 4. The zero-order chi connectivity index (χ0) is 28.9. The van der Waals surface area contributed by atoms with E-state index < -0.39 is 5.91 Å². The summed E-state index contributed by atoms with van der Waals surface area (Å²) in [6, 6.07) is 28.9. The Morgan fingerprint density at radius 3 is 2.29 bits per heavy atom. The Bertz CT molecular complexity index is 1490. The van der Waals surface area contributed by atoms with E-state index in [4.69, 9.17) is 18.9 Å². The molecular weight excluding hydrogens is 522 g/mol. The van der Waals surface area contributed by atoms with Gasteiger partial charge in [-0.25, -0.2) is 5.43 Å². The standard InChI is InChI=1S/C32H31N3O6/c1-3-39-30-19-24(17-18-29(30)40-21-23-11-5-4-6-12-23)32(37)35-33-20-25-13-7-9-15-27(25)41-22-31(36)34-26-14-8-10-16-28(26)38-2/h4-20H,3,21-22H2,1-2H3,(H,34,36)(H,35,37)/b33-20+. The van der Waals surface area contributed by atoms with Crippen LogP contribution in [0, 0.1) is 0 Å². The minimum atomic E-state index is -0.425. The molecule has 0 aromatic heterocycles. The Kier molecular flexibility index (Phi) is 10.3. The van der Waals surface area contributed by atoms with Crippen molar-refractivity contribution in [3.8, 4) is 23.0 Å². The topological polar surface area (TPSA) is 107 Å². The molecular formula is C32H31N3O6. The van der Waals surface area contributed by atoms with Gasteiger partial charge in [-0.2, -0.15) is 5.10 Å². The van der Waals surface area contributed by atoms with E-state index in [1.165, 1.54) is 13.3 Å². The van der Waals surface area contributed by atoms with E-state index >= 15 is 0 Å². The highest BCUT2D eigenvalue weighted by molar-refractivity contribution is 5.96. The molecule has 0 atom stereocenters. The van der Waals surface area contributed by atoms with Crippen LogP contribution in [0.2, 0.25) is 0 Å². The molecule has 0 unspecified atom stereocenters. The molecule has 0 aliphatic heterocycles. The number of hydrazone groups is 1. The molecule has 0 heterocycles. The van der Waals surface area contributed by atoms with Crippen LogP contribution in [0.25, 0.3) is 0 Å². The van der Waals surface area contributed by atoms with E-state index in [0.717, 1.165) is 5.56 Å². The first-order valence-corrected chi connectivity index (χ1v) is 13.0. The quantitative estimate of drug-likeness (QED) is 0.168. The van der Waals surface area contributed by atoms with Crippen molar-refractivity contribution >= 4 is 23.7 Å². The average Bonchev–Trinajstić information content (AvgIpc) is 3.00. The van der Waals surface area contributed by atoms with Crippen LogP contribution < -0.4 is 29.7 Å². The van der Waals surface area contributed by atoms with Gasteiger partial charge >= 0.3 is 0 Å². The van der Waals surface area contributed by atoms with E-state index in [-0.39, 0.29) is 12.5 Å². The highest BCUT2D eigenvalue weighted by Gasteiger charge is 2.13. The maximum Gasteiger partial charge on any atom is 0.271 e. The van der Waals surface area contributed by atoms with Crippen molar-refractivity contribution in [1.29, 1.82) is 0 Å². The van der Waals surface area contributed by atoms with Gasteiger partial charge < -0.3 is 24.3 Å². The molecule has 2 amide bonds. The third-order valence-corrected chi connectivity index (χ3v) is 5.77. The smallest absolute Gasteiger partial charge is 0.271 e. The van der Waals surface area contributed by atoms with Gasteiger partial charge in [-0.05, 0) is 55.0 Å². The number of para-hydroxylation sites is 3. The lowest BCUT2D eigenvalue weighted by Gasteiger charge is -2.13. The zero-order valence-electron chi connectivity index (χ0n) is 22.8. The van der Waals surface area contributed by atoms with Crippen molar-refractivity contribution in [2.45, 2.75) is 13.5 Å².